The fourth-order valence-electron chi connectivity index (χ4n) is 3.87. The zero-order valence-electron chi connectivity index (χ0n) is 16.1. The lowest BCUT2D eigenvalue weighted by atomic mass is 10.0. The summed E-state index contributed by atoms with van der Waals surface area (Å²) in [5.74, 6) is 0. The van der Waals surface area contributed by atoms with Gasteiger partial charge in [-0.2, -0.15) is 0 Å². The van der Waals surface area contributed by atoms with Gasteiger partial charge in [0.25, 0.3) is 0 Å². The van der Waals surface area contributed by atoms with Gasteiger partial charge in [0, 0.05) is 6.54 Å². The van der Waals surface area contributed by atoms with Crippen LogP contribution in [0.4, 0.5) is 9.59 Å². The van der Waals surface area contributed by atoms with Crippen molar-refractivity contribution in [3.05, 3.63) is 35.9 Å². The Morgan fingerprint density at radius 2 is 1.85 bits per heavy atom. The number of fused-ring (bicyclic) bond motifs is 2. The van der Waals surface area contributed by atoms with Gasteiger partial charge in [0.2, 0.25) is 0 Å². The van der Waals surface area contributed by atoms with Crippen molar-refractivity contribution in [1.82, 2.24) is 9.80 Å². The minimum absolute atomic E-state index is 0.114. The van der Waals surface area contributed by atoms with Crippen LogP contribution in [0.15, 0.2) is 30.3 Å². The zero-order valence-corrected chi connectivity index (χ0v) is 16.1. The maximum absolute atomic E-state index is 12.6. The Hall–Kier alpha value is -2.28. The summed E-state index contributed by atoms with van der Waals surface area (Å²) in [5, 5.41) is 9.92. The van der Waals surface area contributed by atoms with E-state index in [0.717, 1.165) is 18.4 Å². The second kappa shape index (κ2) is 7.76. The standard InChI is InChI=1S/C20H28N2O5/c1-20(2,3)27-19(25)22-15-9-10-16(22)17(12-23)21(11-15)18(24)26-13-14-7-5-4-6-8-14/h4-8,15-17,23H,9-13H2,1-3H3/t15-,16+,17+/m1/s1. The Labute approximate surface area is 159 Å². The summed E-state index contributed by atoms with van der Waals surface area (Å²) in [6, 6.07) is 8.60. The molecule has 2 fully saturated rings. The molecule has 1 aromatic rings. The van der Waals surface area contributed by atoms with E-state index in [2.05, 4.69) is 0 Å². The summed E-state index contributed by atoms with van der Waals surface area (Å²) in [6.45, 7) is 5.78. The summed E-state index contributed by atoms with van der Waals surface area (Å²) >= 11 is 0. The van der Waals surface area contributed by atoms with Crippen molar-refractivity contribution in [2.45, 2.75) is 63.9 Å². The van der Waals surface area contributed by atoms with Crippen LogP contribution in [-0.2, 0) is 16.1 Å². The van der Waals surface area contributed by atoms with Crippen LogP contribution in [0.2, 0.25) is 0 Å². The Bertz CT molecular complexity index is 673. The molecule has 0 aromatic heterocycles. The molecular formula is C20H28N2O5. The Kier molecular flexibility index (Phi) is 5.60. The highest BCUT2D eigenvalue weighted by Crippen LogP contribution is 2.35. The molecule has 3 atom stereocenters. The van der Waals surface area contributed by atoms with Crippen molar-refractivity contribution in [1.29, 1.82) is 0 Å². The van der Waals surface area contributed by atoms with Gasteiger partial charge in [0.1, 0.15) is 12.2 Å². The van der Waals surface area contributed by atoms with Gasteiger partial charge in [-0.15, -0.1) is 0 Å². The quantitative estimate of drug-likeness (QED) is 0.877. The van der Waals surface area contributed by atoms with Gasteiger partial charge in [-0.1, -0.05) is 30.3 Å². The lowest BCUT2D eigenvalue weighted by molar-refractivity contribution is -0.0327. The number of carbonyl (C=O) groups is 2. The predicted octanol–water partition coefficient (Wildman–Crippen LogP) is 2.77. The minimum Gasteiger partial charge on any atom is -0.445 e. The molecule has 27 heavy (non-hydrogen) atoms. The average molecular weight is 376 g/mol. The molecule has 0 unspecified atom stereocenters. The van der Waals surface area contributed by atoms with E-state index in [9.17, 15) is 14.7 Å². The van der Waals surface area contributed by atoms with Gasteiger partial charge in [-0.05, 0) is 39.2 Å². The molecule has 3 rings (SSSR count). The summed E-state index contributed by atoms with van der Waals surface area (Å²) in [7, 11) is 0. The Morgan fingerprint density at radius 1 is 1.15 bits per heavy atom. The number of amides is 2. The first kappa shape index (κ1) is 19.5. The number of benzene rings is 1. The van der Waals surface area contributed by atoms with Gasteiger partial charge < -0.3 is 14.6 Å². The largest absolute Gasteiger partial charge is 0.445 e. The molecule has 0 aliphatic carbocycles. The van der Waals surface area contributed by atoms with E-state index in [0.29, 0.717) is 6.54 Å². The molecule has 0 radical (unpaired) electrons. The molecule has 2 heterocycles. The van der Waals surface area contributed by atoms with Crippen LogP contribution in [-0.4, -0.2) is 64.0 Å². The second-order valence-corrected chi connectivity index (χ2v) is 8.13. The number of rotatable bonds is 3. The summed E-state index contributed by atoms with van der Waals surface area (Å²) in [5.41, 5.74) is 0.318. The molecule has 2 aliphatic heterocycles. The molecule has 7 nitrogen and oxygen atoms in total. The molecule has 0 saturated carbocycles. The highest BCUT2D eigenvalue weighted by Gasteiger charge is 2.51. The molecule has 2 saturated heterocycles. The van der Waals surface area contributed by atoms with Gasteiger partial charge in [0.15, 0.2) is 0 Å². The Morgan fingerprint density at radius 3 is 2.48 bits per heavy atom. The van der Waals surface area contributed by atoms with Gasteiger partial charge in [-0.3, -0.25) is 9.80 Å². The monoisotopic (exact) mass is 376 g/mol. The topological polar surface area (TPSA) is 79.3 Å². The summed E-state index contributed by atoms with van der Waals surface area (Å²) in [4.78, 5) is 28.5. The van der Waals surface area contributed by atoms with Crippen LogP contribution < -0.4 is 0 Å². The van der Waals surface area contributed by atoms with Crippen molar-refractivity contribution in [2.75, 3.05) is 13.2 Å². The third-order valence-corrected chi connectivity index (χ3v) is 5.03. The molecule has 148 valence electrons. The number of nitrogens with zero attached hydrogens (tertiary/aromatic N) is 2. The third kappa shape index (κ3) is 4.35. The molecule has 7 heteroatoms. The van der Waals surface area contributed by atoms with Gasteiger partial charge in [0.05, 0.1) is 24.7 Å². The SMILES string of the molecule is CC(C)(C)OC(=O)N1[C@@H]2CC[C@H]1[C@H](CO)N(C(=O)OCc1ccccc1)C2. The van der Waals surface area contributed by atoms with Crippen molar-refractivity contribution in [3.63, 3.8) is 0 Å². The first-order chi connectivity index (χ1) is 12.8. The number of hydrogen-bond acceptors (Lipinski definition) is 5. The van der Waals surface area contributed by atoms with E-state index in [1.165, 1.54) is 0 Å². The van der Waals surface area contributed by atoms with Crippen LogP contribution >= 0.6 is 0 Å². The number of carbonyl (C=O) groups excluding carboxylic acids is 2. The zero-order chi connectivity index (χ0) is 19.6. The van der Waals surface area contributed by atoms with Gasteiger partial charge in [-0.25, -0.2) is 9.59 Å². The molecule has 1 aromatic carbocycles. The van der Waals surface area contributed by atoms with Crippen molar-refractivity contribution in [2.24, 2.45) is 0 Å². The van der Waals surface area contributed by atoms with E-state index < -0.39 is 17.7 Å². The van der Waals surface area contributed by atoms with Crippen LogP contribution in [0.5, 0.6) is 0 Å². The molecule has 2 aliphatic rings. The lowest BCUT2D eigenvalue weighted by Gasteiger charge is -2.45. The fraction of sp³-hybridized carbons (Fsp3) is 0.600. The summed E-state index contributed by atoms with van der Waals surface area (Å²) < 4.78 is 11.0. The van der Waals surface area contributed by atoms with Crippen LogP contribution in [0.25, 0.3) is 0 Å². The van der Waals surface area contributed by atoms with Crippen LogP contribution in [0.3, 0.4) is 0 Å². The molecule has 0 spiro atoms. The van der Waals surface area contributed by atoms with Crippen molar-refractivity contribution in [3.8, 4) is 0 Å². The summed E-state index contributed by atoms with van der Waals surface area (Å²) in [6.07, 6.45) is 0.671. The Balaban J connectivity index is 1.67. The lowest BCUT2D eigenvalue weighted by Crippen LogP contribution is -2.64. The second-order valence-electron chi connectivity index (χ2n) is 8.13. The van der Waals surface area contributed by atoms with E-state index >= 15 is 0 Å². The van der Waals surface area contributed by atoms with Gasteiger partial charge >= 0.3 is 12.2 Å². The predicted molar refractivity (Wildman–Crippen MR) is 99.1 cm³/mol. The number of likely N-dealkylation sites (tertiary alicyclic amines) is 1. The number of piperazine rings is 1. The fourth-order valence-corrected chi connectivity index (χ4v) is 3.87. The van der Waals surface area contributed by atoms with Crippen LogP contribution in [0, 0.1) is 0 Å². The minimum atomic E-state index is -0.586. The number of aliphatic hydroxyl groups is 1. The molecule has 2 amide bonds. The van der Waals surface area contributed by atoms with E-state index in [4.69, 9.17) is 9.47 Å². The van der Waals surface area contributed by atoms with Crippen molar-refractivity contribution >= 4 is 12.2 Å². The molecule has 2 bridgehead atoms. The smallest absolute Gasteiger partial charge is 0.410 e. The van der Waals surface area contributed by atoms with Crippen LogP contribution in [0.1, 0.15) is 39.2 Å². The van der Waals surface area contributed by atoms with E-state index in [1.807, 2.05) is 51.1 Å². The average Bonchev–Trinajstić information content (AvgIpc) is 2.94. The first-order valence-electron chi connectivity index (χ1n) is 9.39. The maximum Gasteiger partial charge on any atom is 0.410 e. The first-order valence-corrected chi connectivity index (χ1v) is 9.39. The normalized spacial score (nSPS) is 24.7. The highest BCUT2D eigenvalue weighted by atomic mass is 16.6. The number of aliphatic hydroxyl groups excluding tert-OH is 1. The van der Waals surface area contributed by atoms with Crippen molar-refractivity contribution < 1.29 is 24.2 Å². The maximum atomic E-state index is 12.6. The molecular weight excluding hydrogens is 348 g/mol. The van der Waals surface area contributed by atoms with E-state index in [-0.39, 0.29) is 31.4 Å². The highest BCUT2D eigenvalue weighted by molar-refractivity contribution is 5.72. The van der Waals surface area contributed by atoms with E-state index in [1.54, 1.807) is 9.80 Å². The third-order valence-electron chi connectivity index (χ3n) is 5.03. The number of hydrogen-bond donors (Lipinski definition) is 1. The molecule has 1 N–H and O–H groups in total. The number of ether oxygens (including phenoxy) is 2.